The van der Waals surface area contributed by atoms with E-state index < -0.39 is 30.2 Å². The van der Waals surface area contributed by atoms with Crippen LogP contribution in [0, 0.1) is 11.3 Å². The fourth-order valence-electron chi connectivity index (χ4n) is 7.27. The van der Waals surface area contributed by atoms with Crippen LogP contribution in [0.25, 0.3) is 5.57 Å². The summed E-state index contributed by atoms with van der Waals surface area (Å²) in [6, 6.07) is 0. The van der Waals surface area contributed by atoms with Crippen LogP contribution in [0.15, 0.2) is 45.3 Å². The number of allylic oxidation sites excluding steroid dienone is 3. The number of nitrogens with zero attached hydrogens (tertiary/aromatic N) is 5. The molecule has 7 rings (SSSR count). The maximum Gasteiger partial charge on any atom is 0.374 e. The Labute approximate surface area is 276 Å². The number of aliphatic imine (C=N–C) groups is 3. The van der Waals surface area contributed by atoms with Gasteiger partial charge in [-0.25, -0.2) is 19.7 Å². The first-order valence-electron chi connectivity index (χ1n) is 16.0. The summed E-state index contributed by atoms with van der Waals surface area (Å²) in [5.41, 5.74) is 1.13. The van der Waals surface area contributed by atoms with E-state index in [0.29, 0.717) is 51.0 Å². The molecule has 0 amide bonds. The zero-order valence-corrected chi connectivity index (χ0v) is 26.9. The molecule has 1 fully saturated rings. The molecule has 0 saturated heterocycles. The molecule has 252 valence electrons. The number of amidine groups is 1. The van der Waals surface area contributed by atoms with Gasteiger partial charge in [-0.3, -0.25) is 9.98 Å². The molecule has 15 heteroatoms. The molecule has 4 N–H and O–H groups in total. The maximum absolute atomic E-state index is 13.0. The predicted molar refractivity (Wildman–Crippen MR) is 171 cm³/mol. The minimum absolute atomic E-state index is 0.0776. The van der Waals surface area contributed by atoms with Gasteiger partial charge < -0.3 is 34.3 Å². The molecule has 48 heavy (non-hydrogen) atoms. The number of ether oxygens (including phenoxy) is 4. The Balaban J connectivity index is 1.29. The fourth-order valence-corrected chi connectivity index (χ4v) is 7.27. The van der Waals surface area contributed by atoms with Gasteiger partial charge in [0.05, 0.1) is 37.6 Å². The molecule has 0 radical (unpaired) electrons. The summed E-state index contributed by atoms with van der Waals surface area (Å²) >= 11 is 0. The van der Waals surface area contributed by atoms with Crippen LogP contribution in [0.5, 0.6) is 17.2 Å². The number of benzene rings is 1. The van der Waals surface area contributed by atoms with Gasteiger partial charge in [0.1, 0.15) is 29.0 Å². The smallest absolute Gasteiger partial charge is 0.374 e. The molecule has 1 aromatic heterocycles. The van der Waals surface area contributed by atoms with Crippen molar-refractivity contribution in [3.63, 3.8) is 0 Å². The van der Waals surface area contributed by atoms with Gasteiger partial charge in [0.15, 0.2) is 12.4 Å². The van der Waals surface area contributed by atoms with Crippen LogP contribution in [0.2, 0.25) is 0 Å². The van der Waals surface area contributed by atoms with Gasteiger partial charge in [0, 0.05) is 30.6 Å². The number of nitrogens with one attached hydrogen (secondary N) is 2. The summed E-state index contributed by atoms with van der Waals surface area (Å²) in [5.74, 6) is 0.173. The molecule has 1 aromatic carbocycles. The highest BCUT2D eigenvalue weighted by molar-refractivity contribution is 6.66. The number of methoxy groups -OCH3 is 1. The van der Waals surface area contributed by atoms with E-state index in [0.717, 1.165) is 25.7 Å². The van der Waals surface area contributed by atoms with Crippen LogP contribution in [-0.2, 0) is 29.1 Å². The average molecular weight is 660 g/mol. The highest BCUT2D eigenvalue weighted by Gasteiger charge is 2.48. The Morgan fingerprint density at radius 2 is 2.08 bits per heavy atom. The molecule has 1 aliphatic carbocycles. The largest absolute Gasteiger partial charge is 0.857 e. The van der Waals surface area contributed by atoms with Crippen LogP contribution >= 0.6 is 0 Å². The lowest BCUT2D eigenvalue weighted by Crippen LogP contribution is -3.10. The number of carbonyl (C=O) groups is 1. The number of aliphatic hydroxyl groups excluding tert-OH is 1. The van der Waals surface area contributed by atoms with E-state index in [1.165, 1.54) is 7.11 Å². The first-order valence-corrected chi connectivity index (χ1v) is 16.0. The number of carbonyl (C=O) groups excluding carboxylic acids is 1. The Morgan fingerprint density at radius 3 is 2.81 bits per heavy atom. The van der Waals surface area contributed by atoms with Gasteiger partial charge in [-0.05, 0) is 44.3 Å². The SMILES string of the molecule is CCOC(=O)C1=CC(=CCn2ccnc2[NH+]2CN=C3C([O-])=NC(=N)N=C32)c2c(OC)c3c(c(CO)c2O1)OC(C(C)(O)C1CCCC1)C3. The van der Waals surface area contributed by atoms with Gasteiger partial charge in [0.25, 0.3) is 5.84 Å². The minimum Gasteiger partial charge on any atom is -0.857 e. The lowest BCUT2D eigenvalue weighted by Gasteiger charge is -2.35. The van der Waals surface area contributed by atoms with Gasteiger partial charge >= 0.3 is 11.9 Å². The van der Waals surface area contributed by atoms with Gasteiger partial charge in [0.2, 0.25) is 11.7 Å². The van der Waals surface area contributed by atoms with Crippen molar-refractivity contribution in [2.45, 2.75) is 70.8 Å². The lowest BCUT2D eigenvalue weighted by atomic mass is 9.81. The Hall–Kier alpha value is -4.86. The zero-order chi connectivity index (χ0) is 33.7. The van der Waals surface area contributed by atoms with Crippen molar-refractivity contribution in [2.24, 2.45) is 20.9 Å². The Bertz CT molecular complexity index is 1850. The number of rotatable bonds is 9. The van der Waals surface area contributed by atoms with Crippen LogP contribution in [0.4, 0.5) is 5.95 Å². The van der Waals surface area contributed by atoms with E-state index in [-0.39, 0.29) is 54.8 Å². The monoisotopic (exact) mass is 659 g/mol. The van der Waals surface area contributed by atoms with E-state index in [9.17, 15) is 20.1 Å². The van der Waals surface area contributed by atoms with Crippen molar-refractivity contribution in [1.82, 2.24) is 9.55 Å². The highest BCUT2D eigenvalue weighted by Crippen LogP contribution is 2.54. The molecular weight excluding hydrogens is 622 g/mol. The third-order valence-electron chi connectivity index (χ3n) is 9.69. The van der Waals surface area contributed by atoms with E-state index in [1.807, 2.05) is 17.6 Å². The van der Waals surface area contributed by atoms with Crippen molar-refractivity contribution in [3.05, 3.63) is 47.0 Å². The van der Waals surface area contributed by atoms with Crippen molar-refractivity contribution < 1.29 is 44.0 Å². The number of quaternary nitrogens is 1. The summed E-state index contributed by atoms with van der Waals surface area (Å²) in [4.78, 5) is 30.1. The Morgan fingerprint density at radius 1 is 1.29 bits per heavy atom. The van der Waals surface area contributed by atoms with Crippen molar-refractivity contribution >= 4 is 40.9 Å². The number of fused-ring (bicyclic) bond motifs is 3. The summed E-state index contributed by atoms with van der Waals surface area (Å²) in [5, 5.41) is 42.6. The summed E-state index contributed by atoms with van der Waals surface area (Å²) < 4.78 is 25.7. The number of hydrogen-bond donors (Lipinski definition) is 4. The quantitative estimate of drug-likeness (QED) is 0.278. The second-order valence-corrected chi connectivity index (χ2v) is 12.4. The second kappa shape index (κ2) is 12.3. The molecule has 5 heterocycles. The first-order chi connectivity index (χ1) is 23.2. The van der Waals surface area contributed by atoms with Crippen molar-refractivity contribution in [1.29, 1.82) is 5.41 Å². The fraction of sp³-hybridized carbons (Fsp3) is 0.455. The molecule has 4 aliphatic heterocycles. The molecule has 2 aromatic rings. The third kappa shape index (κ3) is 5.18. The molecule has 5 aliphatic rings. The summed E-state index contributed by atoms with van der Waals surface area (Å²) in [6.45, 7) is 3.60. The Kier molecular flexibility index (Phi) is 8.13. The molecule has 1 saturated carbocycles. The van der Waals surface area contributed by atoms with Crippen LogP contribution in [-0.4, -0.2) is 81.2 Å². The van der Waals surface area contributed by atoms with E-state index in [1.54, 1.807) is 25.4 Å². The molecular formula is C33H37N7O8. The molecule has 0 bridgehead atoms. The zero-order valence-electron chi connectivity index (χ0n) is 26.9. The number of aliphatic hydroxyl groups is 2. The lowest BCUT2D eigenvalue weighted by molar-refractivity contribution is -0.730. The van der Waals surface area contributed by atoms with Crippen molar-refractivity contribution in [2.75, 3.05) is 20.4 Å². The molecule has 3 atom stereocenters. The van der Waals surface area contributed by atoms with Crippen LogP contribution in [0.1, 0.15) is 56.2 Å². The first kappa shape index (κ1) is 31.7. The third-order valence-corrected chi connectivity index (χ3v) is 9.69. The van der Waals surface area contributed by atoms with E-state index >= 15 is 0 Å². The number of guanidine groups is 1. The number of esters is 1. The molecule has 15 nitrogen and oxygen atoms in total. The van der Waals surface area contributed by atoms with E-state index in [4.69, 9.17) is 24.4 Å². The number of imidazole rings is 1. The topological polar surface area (TPSA) is 201 Å². The standard InChI is InChI=1S/C33H37N7O8/c1-4-46-30(43)21-13-17(9-11-39-12-10-35-32(39)40-16-36-24-28(40)37-31(34)38-29(24)42)23-26(45-3)19-14-22(33(2,44)18-7-5-6-8-18)48-25(19)20(15-41)27(23)47-21/h9-10,12-13,18,22,41,44H,4-8,11,14-16H2,1-3H3,(H2,34,38,42). The number of hydrogen-bond acceptors (Lipinski definition) is 11. The maximum atomic E-state index is 13.0. The summed E-state index contributed by atoms with van der Waals surface area (Å²) in [6.07, 6.45) is 10.5. The van der Waals surface area contributed by atoms with Gasteiger partial charge in [-0.15, -0.1) is 0 Å². The van der Waals surface area contributed by atoms with Crippen LogP contribution in [0.3, 0.4) is 0 Å². The molecule has 3 unspecified atom stereocenters. The number of aromatic nitrogens is 2. The second-order valence-electron chi connectivity index (χ2n) is 12.4. The summed E-state index contributed by atoms with van der Waals surface area (Å²) in [7, 11) is 1.54. The van der Waals surface area contributed by atoms with Gasteiger partial charge in [-0.2, -0.15) is 9.98 Å². The van der Waals surface area contributed by atoms with E-state index in [2.05, 4.69) is 20.0 Å². The van der Waals surface area contributed by atoms with Gasteiger partial charge in [-0.1, -0.05) is 18.9 Å². The average Bonchev–Trinajstić information content (AvgIpc) is 3.89. The highest BCUT2D eigenvalue weighted by atomic mass is 16.6. The van der Waals surface area contributed by atoms with Crippen molar-refractivity contribution in [3.8, 4) is 17.2 Å². The predicted octanol–water partition coefficient (Wildman–Crippen LogP) is 0.586. The van der Waals surface area contributed by atoms with Crippen LogP contribution < -0.4 is 24.2 Å². The minimum atomic E-state index is -1.11. The molecule has 0 spiro atoms. The normalized spacial score (nSPS) is 23.6.